The van der Waals surface area contributed by atoms with E-state index in [0.29, 0.717) is 22.1 Å². The molecule has 0 unspecified atom stereocenters. The minimum atomic E-state index is -0.587. The van der Waals surface area contributed by atoms with Crippen molar-refractivity contribution in [3.63, 3.8) is 0 Å². The fraction of sp³-hybridized carbons (Fsp3) is 0. The van der Waals surface area contributed by atoms with Crippen molar-refractivity contribution in [3.05, 3.63) is 118 Å². The van der Waals surface area contributed by atoms with Gasteiger partial charge in [0.1, 0.15) is 11.5 Å². The molecule has 0 saturated heterocycles. The third-order valence-electron chi connectivity index (χ3n) is 5.86. The molecule has 0 atom stereocenters. The molecular weight excluding hydrogens is 516 g/mol. The highest BCUT2D eigenvalue weighted by Crippen LogP contribution is 2.30. The van der Waals surface area contributed by atoms with E-state index in [-0.39, 0.29) is 44.4 Å². The number of para-hydroxylation sites is 4. The number of rotatable bonds is 2. The van der Waals surface area contributed by atoms with Crippen molar-refractivity contribution in [1.29, 1.82) is 0 Å². The zero-order valence-corrected chi connectivity index (χ0v) is 20.4. The van der Waals surface area contributed by atoms with Crippen molar-refractivity contribution >= 4 is 55.0 Å². The van der Waals surface area contributed by atoms with Gasteiger partial charge in [0.2, 0.25) is 0 Å². The number of nitro groups is 2. The SMILES string of the molecule is O=[N+]([O-])c1cc2cnc3ccccc3ncc3cc([N+](=O)[O-])cc(cnc4ccccc4ncc(c1)c2O)c3O. The van der Waals surface area contributed by atoms with E-state index in [1.807, 2.05) is 0 Å². The number of benzene rings is 4. The molecule has 0 saturated carbocycles. The lowest BCUT2D eigenvalue weighted by Gasteiger charge is -2.00. The minimum Gasteiger partial charge on any atom is -0.507 e. The van der Waals surface area contributed by atoms with Gasteiger partial charge in [-0.15, -0.1) is 0 Å². The lowest BCUT2D eigenvalue weighted by Crippen LogP contribution is -1.88. The van der Waals surface area contributed by atoms with Crippen LogP contribution < -0.4 is 0 Å². The van der Waals surface area contributed by atoms with Crippen LogP contribution in [0.5, 0.6) is 11.5 Å². The normalized spacial score (nSPS) is 10.6. The van der Waals surface area contributed by atoms with Crippen LogP contribution in [0.2, 0.25) is 0 Å². The molecule has 4 bridgehead atoms. The maximum absolute atomic E-state index is 11.6. The van der Waals surface area contributed by atoms with Crippen LogP contribution in [0.3, 0.4) is 0 Å². The van der Waals surface area contributed by atoms with E-state index < -0.39 is 9.85 Å². The largest absolute Gasteiger partial charge is 0.507 e. The van der Waals surface area contributed by atoms with E-state index in [1.54, 1.807) is 48.5 Å². The van der Waals surface area contributed by atoms with Crippen molar-refractivity contribution in [2.45, 2.75) is 0 Å². The molecule has 12 nitrogen and oxygen atoms in total. The Hall–Kier alpha value is -6.04. The smallest absolute Gasteiger partial charge is 0.271 e. The number of phenols is 2. The lowest BCUT2D eigenvalue weighted by atomic mass is 10.2. The summed E-state index contributed by atoms with van der Waals surface area (Å²) in [6.07, 6.45) is 5.05. The summed E-state index contributed by atoms with van der Waals surface area (Å²) in [6, 6.07) is 18.0. The van der Waals surface area contributed by atoms with Crippen LogP contribution in [0.1, 0.15) is 0 Å². The van der Waals surface area contributed by atoms with Crippen LogP contribution in [0.15, 0.2) is 97.6 Å². The Morgan fingerprint density at radius 1 is 0.500 bits per heavy atom. The highest BCUT2D eigenvalue weighted by molar-refractivity contribution is 5.85. The van der Waals surface area contributed by atoms with Gasteiger partial charge in [0, 0.05) is 70.6 Å². The summed E-state index contributed by atoms with van der Waals surface area (Å²) in [4.78, 5) is 39.5. The van der Waals surface area contributed by atoms with E-state index in [0.717, 1.165) is 0 Å². The second-order valence-corrected chi connectivity index (χ2v) is 8.47. The predicted molar refractivity (Wildman–Crippen MR) is 148 cm³/mol. The van der Waals surface area contributed by atoms with Gasteiger partial charge >= 0.3 is 0 Å². The highest BCUT2D eigenvalue weighted by atomic mass is 16.6. The number of nitro benzene ring substituents is 2. The average Bonchev–Trinajstić information content (AvgIpc) is 2.95. The van der Waals surface area contributed by atoms with Crippen LogP contribution in [-0.4, -0.2) is 40.0 Å². The molecule has 0 spiro atoms. The van der Waals surface area contributed by atoms with Gasteiger partial charge in [0.15, 0.2) is 0 Å². The number of aromatic hydroxyl groups is 2. The van der Waals surface area contributed by atoms with Crippen LogP contribution in [0.25, 0.3) is 43.6 Å². The molecule has 4 aromatic carbocycles. The molecular formula is C28H18N6O6. The van der Waals surface area contributed by atoms with Crippen molar-refractivity contribution in [1.82, 2.24) is 19.9 Å². The van der Waals surface area contributed by atoms with E-state index in [2.05, 4.69) is 19.9 Å². The van der Waals surface area contributed by atoms with Crippen LogP contribution >= 0.6 is 0 Å². The van der Waals surface area contributed by atoms with Gasteiger partial charge in [-0.25, -0.2) is 0 Å². The Bertz CT molecular complexity index is 1750. The summed E-state index contributed by atoms with van der Waals surface area (Å²) < 4.78 is 0. The predicted octanol–water partition coefficient (Wildman–Crippen LogP) is 5.92. The summed E-state index contributed by atoms with van der Waals surface area (Å²) in [7, 11) is 0. The van der Waals surface area contributed by atoms with Crippen LogP contribution in [0.4, 0.5) is 11.4 Å². The van der Waals surface area contributed by atoms with Gasteiger partial charge in [-0.05, 0) is 24.3 Å². The fourth-order valence-corrected chi connectivity index (χ4v) is 3.85. The van der Waals surface area contributed by atoms with E-state index in [4.69, 9.17) is 0 Å². The maximum Gasteiger partial charge on any atom is 0.271 e. The van der Waals surface area contributed by atoms with Crippen LogP contribution in [0, 0.1) is 20.2 Å². The van der Waals surface area contributed by atoms with Crippen molar-refractivity contribution in [2.24, 2.45) is 0 Å². The molecule has 2 N–H and O–H groups in total. The first-order valence-corrected chi connectivity index (χ1v) is 11.7. The van der Waals surface area contributed by atoms with E-state index in [9.17, 15) is 30.4 Å². The van der Waals surface area contributed by atoms with Crippen LogP contribution in [-0.2, 0) is 0 Å². The summed E-state index contributed by atoms with van der Waals surface area (Å²) in [5.41, 5.74) is 0.790. The third-order valence-corrected chi connectivity index (χ3v) is 5.86. The molecule has 5 rings (SSSR count). The number of fused-ring (bicyclic) bond motifs is 6. The molecule has 40 heavy (non-hydrogen) atoms. The molecule has 0 aliphatic rings. The van der Waals surface area contributed by atoms with Gasteiger partial charge in [0.25, 0.3) is 11.4 Å². The zero-order valence-electron chi connectivity index (χ0n) is 20.4. The molecule has 1 aromatic heterocycles. The standard InChI is InChI=1S/C28H18N6O6/c35-27-17-9-21(33(37)38)11-19(27)15-31-25-7-3-4-8-26(25)32-16-20-12-22(34(39)40)10-18(28(20)36)14-30-24-6-2-1-5-23(24)29-13-17/h1-16,35-36H. The Labute approximate surface area is 224 Å². The lowest BCUT2D eigenvalue weighted by molar-refractivity contribution is -0.384. The maximum atomic E-state index is 11.6. The van der Waals surface area contributed by atoms with Gasteiger partial charge in [0.05, 0.1) is 31.9 Å². The Balaban J connectivity index is 1.98. The number of hydrogen-bond donors (Lipinski definition) is 2. The third kappa shape index (κ3) is 5.31. The average molecular weight is 534 g/mol. The Morgan fingerprint density at radius 3 is 0.975 bits per heavy atom. The van der Waals surface area contributed by atoms with Gasteiger partial charge in [-0.1, -0.05) is 24.3 Å². The fourth-order valence-electron chi connectivity index (χ4n) is 3.85. The Kier molecular flexibility index (Phi) is 6.88. The summed E-state index contributed by atoms with van der Waals surface area (Å²) in [5.74, 6) is -0.540. The second kappa shape index (κ2) is 10.8. The number of non-ortho nitro benzene ring substituents is 2. The molecule has 196 valence electrons. The first-order valence-electron chi connectivity index (χ1n) is 11.7. The molecule has 0 fully saturated rings. The number of nitrogens with zero attached hydrogens (tertiary/aromatic N) is 6. The molecule has 5 aromatic rings. The van der Waals surface area contributed by atoms with E-state index >= 15 is 0 Å². The number of phenolic OH excluding ortho intramolecular Hbond substituents is 2. The number of aromatic nitrogens is 4. The summed E-state index contributed by atoms with van der Waals surface area (Å²) >= 11 is 0. The molecule has 0 amide bonds. The van der Waals surface area contributed by atoms with E-state index in [1.165, 1.54) is 49.1 Å². The zero-order chi connectivity index (χ0) is 28.2. The van der Waals surface area contributed by atoms with Gasteiger partial charge in [-0.3, -0.25) is 40.2 Å². The van der Waals surface area contributed by atoms with Gasteiger partial charge in [-0.2, -0.15) is 0 Å². The molecule has 0 aliphatic heterocycles. The minimum absolute atomic E-state index is 0.0721. The topological polar surface area (TPSA) is 178 Å². The molecule has 0 aliphatic carbocycles. The van der Waals surface area contributed by atoms with Gasteiger partial charge < -0.3 is 10.2 Å². The molecule has 1 heterocycles. The van der Waals surface area contributed by atoms with Crippen molar-refractivity contribution < 1.29 is 20.1 Å². The first kappa shape index (κ1) is 25.6. The Morgan fingerprint density at radius 2 is 0.750 bits per heavy atom. The summed E-state index contributed by atoms with van der Waals surface area (Å²) in [5, 5.41) is 45.2. The highest BCUT2D eigenvalue weighted by Gasteiger charge is 2.11. The number of hydrogen-bond acceptors (Lipinski definition) is 10. The van der Waals surface area contributed by atoms with Crippen molar-refractivity contribution in [2.75, 3.05) is 0 Å². The second-order valence-electron chi connectivity index (χ2n) is 8.47. The van der Waals surface area contributed by atoms with Crippen molar-refractivity contribution in [3.8, 4) is 11.5 Å². The monoisotopic (exact) mass is 534 g/mol. The molecule has 0 radical (unpaired) electrons. The first-order chi connectivity index (χ1) is 19.3. The molecule has 12 heteroatoms. The summed E-state index contributed by atoms with van der Waals surface area (Å²) in [6.45, 7) is 0. The quantitative estimate of drug-likeness (QED) is 0.204.